The molecule has 2 rings (SSSR count). The van der Waals surface area contributed by atoms with E-state index in [-0.39, 0.29) is 12.5 Å². The van der Waals surface area contributed by atoms with Crippen molar-refractivity contribution in [3.63, 3.8) is 0 Å². The van der Waals surface area contributed by atoms with Crippen molar-refractivity contribution in [3.05, 3.63) is 0 Å². The Balaban J connectivity index is 1.48. The van der Waals surface area contributed by atoms with E-state index in [9.17, 15) is 9.59 Å². The first kappa shape index (κ1) is 11.0. The third-order valence-electron chi connectivity index (χ3n) is 1.52. The maximum atomic E-state index is 10.9. The minimum atomic E-state index is -1.02. The highest BCUT2D eigenvalue weighted by atomic mass is 16.8. The number of carbonyl (C=O) groups is 2. The first-order valence-electron chi connectivity index (χ1n) is 4.42. The van der Waals surface area contributed by atoms with Crippen LogP contribution in [0.2, 0.25) is 0 Å². The molecule has 2 unspecified atom stereocenters. The van der Waals surface area contributed by atoms with Crippen molar-refractivity contribution < 1.29 is 28.7 Å². The molecule has 2 amide bonds. The highest BCUT2D eigenvalue weighted by Gasteiger charge is 2.25. The molecule has 2 atom stereocenters. The third-order valence-corrected chi connectivity index (χ3v) is 1.52. The Morgan fingerprint density at radius 1 is 1.06 bits per heavy atom. The van der Waals surface area contributed by atoms with Crippen LogP contribution in [0.4, 0.5) is 9.59 Å². The maximum Gasteiger partial charge on any atom is 0.436 e. The Hall–Kier alpha value is -1.46. The van der Waals surface area contributed by atoms with Gasteiger partial charge in [-0.3, -0.25) is 0 Å². The molecule has 10 heteroatoms. The van der Waals surface area contributed by atoms with E-state index < -0.39 is 12.2 Å². The Bertz CT molecular complexity index is 278. The standard InChI is InChI=1S/C6H10N4O6/c11-5(15-9-4-2-14-4)7-6(12)16-10-8-3-1-13-3/h3-4,8-10H,1-2H2,(H,7,11,12). The van der Waals surface area contributed by atoms with Crippen LogP contribution >= 0.6 is 0 Å². The second kappa shape index (κ2) is 5.05. The number of carbonyl (C=O) groups excluding carboxylic acids is 2. The predicted octanol–water partition coefficient (Wildman–Crippen LogP) is -1.92. The molecule has 10 nitrogen and oxygen atoms in total. The van der Waals surface area contributed by atoms with E-state index in [1.807, 2.05) is 0 Å². The van der Waals surface area contributed by atoms with Gasteiger partial charge in [-0.05, 0) is 0 Å². The molecule has 16 heavy (non-hydrogen) atoms. The molecule has 2 heterocycles. The average molecular weight is 234 g/mol. The fourth-order valence-electron chi connectivity index (χ4n) is 0.643. The van der Waals surface area contributed by atoms with Crippen molar-refractivity contribution in [1.29, 1.82) is 0 Å². The summed E-state index contributed by atoms with van der Waals surface area (Å²) in [6.45, 7) is 0.996. The summed E-state index contributed by atoms with van der Waals surface area (Å²) in [5.41, 5.74) is 6.82. The van der Waals surface area contributed by atoms with E-state index in [1.165, 1.54) is 0 Å². The summed E-state index contributed by atoms with van der Waals surface area (Å²) in [5, 5.41) is 1.77. The lowest BCUT2D eigenvalue weighted by atomic mass is 10.8. The SMILES string of the molecule is O=C(NC(=O)ONC1CO1)ONNC1CO1. The molecule has 0 saturated carbocycles. The van der Waals surface area contributed by atoms with Crippen molar-refractivity contribution in [3.8, 4) is 0 Å². The van der Waals surface area contributed by atoms with Crippen molar-refractivity contribution in [2.75, 3.05) is 13.2 Å². The molecule has 2 aliphatic rings. The summed E-state index contributed by atoms with van der Waals surface area (Å²) in [7, 11) is 0. The van der Waals surface area contributed by atoms with Crippen LogP contribution < -0.4 is 21.8 Å². The monoisotopic (exact) mass is 234 g/mol. The zero-order valence-electron chi connectivity index (χ0n) is 8.02. The van der Waals surface area contributed by atoms with Gasteiger partial charge in [-0.15, -0.1) is 5.48 Å². The van der Waals surface area contributed by atoms with E-state index >= 15 is 0 Å². The molecule has 0 aliphatic carbocycles. The van der Waals surface area contributed by atoms with E-state index in [0.29, 0.717) is 13.2 Å². The summed E-state index contributed by atoms with van der Waals surface area (Å²) < 4.78 is 9.44. The molecular formula is C6H10N4O6. The molecule has 2 saturated heterocycles. The lowest BCUT2D eigenvalue weighted by molar-refractivity contribution is 0.0420. The summed E-state index contributed by atoms with van der Waals surface area (Å²) in [4.78, 5) is 30.5. The van der Waals surface area contributed by atoms with Crippen LogP contribution in [0.3, 0.4) is 0 Å². The summed E-state index contributed by atoms with van der Waals surface area (Å²) in [6, 6.07) is 0. The molecule has 2 aliphatic heterocycles. The molecule has 0 radical (unpaired) electrons. The second-order valence-corrected chi connectivity index (χ2v) is 2.91. The van der Waals surface area contributed by atoms with Gasteiger partial charge in [-0.1, -0.05) is 5.59 Å². The van der Waals surface area contributed by atoms with Crippen molar-refractivity contribution in [2.24, 2.45) is 0 Å². The van der Waals surface area contributed by atoms with Crippen molar-refractivity contribution in [2.45, 2.75) is 12.5 Å². The minimum Gasteiger partial charge on any atom is -0.355 e. The van der Waals surface area contributed by atoms with Crippen molar-refractivity contribution in [1.82, 2.24) is 21.8 Å². The number of imide groups is 1. The van der Waals surface area contributed by atoms with Crippen LogP contribution in [0.25, 0.3) is 0 Å². The fraction of sp³-hybridized carbons (Fsp3) is 0.667. The zero-order chi connectivity index (χ0) is 11.4. The fourth-order valence-corrected chi connectivity index (χ4v) is 0.643. The number of hydrogen-bond acceptors (Lipinski definition) is 9. The highest BCUT2D eigenvalue weighted by molar-refractivity contribution is 5.87. The smallest absolute Gasteiger partial charge is 0.355 e. The van der Waals surface area contributed by atoms with Crippen LogP contribution in [-0.4, -0.2) is 37.9 Å². The van der Waals surface area contributed by atoms with Crippen LogP contribution in [0.5, 0.6) is 0 Å². The molecule has 4 N–H and O–H groups in total. The number of nitrogens with one attached hydrogen (secondary N) is 4. The Morgan fingerprint density at radius 3 is 2.31 bits per heavy atom. The number of hydrazine groups is 1. The Labute approximate surface area is 89.4 Å². The van der Waals surface area contributed by atoms with Gasteiger partial charge in [0.15, 0.2) is 6.23 Å². The minimum absolute atomic E-state index is 0.173. The van der Waals surface area contributed by atoms with E-state index in [1.54, 1.807) is 5.32 Å². The highest BCUT2D eigenvalue weighted by Crippen LogP contribution is 2.03. The lowest BCUT2D eigenvalue weighted by Crippen LogP contribution is -2.42. The van der Waals surface area contributed by atoms with Gasteiger partial charge in [0.25, 0.3) is 0 Å². The van der Waals surface area contributed by atoms with Crippen LogP contribution in [0.1, 0.15) is 0 Å². The molecule has 2 fully saturated rings. The van der Waals surface area contributed by atoms with Gasteiger partial charge in [-0.2, -0.15) is 5.43 Å². The van der Waals surface area contributed by atoms with E-state index in [0.717, 1.165) is 0 Å². The van der Waals surface area contributed by atoms with Gasteiger partial charge in [0.05, 0.1) is 13.2 Å². The third kappa shape index (κ3) is 4.37. The van der Waals surface area contributed by atoms with Gasteiger partial charge < -0.3 is 19.1 Å². The normalized spacial score (nSPS) is 25.8. The van der Waals surface area contributed by atoms with E-state index in [4.69, 9.17) is 9.47 Å². The molecule has 0 spiro atoms. The molecule has 0 aromatic rings. The van der Waals surface area contributed by atoms with Gasteiger partial charge in [-0.25, -0.2) is 14.9 Å². The molecular weight excluding hydrogens is 224 g/mol. The Kier molecular flexibility index (Phi) is 3.48. The maximum absolute atomic E-state index is 10.9. The first-order chi connectivity index (χ1) is 7.74. The first-order valence-corrected chi connectivity index (χ1v) is 4.42. The molecule has 0 aromatic carbocycles. The van der Waals surface area contributed by atoms with Gasteiger partial charge >= 0.3 is 12.2 Å². The number of hydrogen-bond donors (Lipinski definition) is 4. The summed E-state index contributed by atoms with van der Waals surface area (Å²) >= 11 is 0. The van der Waals surface area contributed by atoms with Gasteiger partial charge in [0, 0.05) is 0 Å². The molecule has 90 valence electrons. The van der Waals surface area contributed by atoms with E-state index in [2.05, 4.69) is 26.2 Å². The quantitative estimate of drug-likeness (QED) is 0.318. The van der Waals surface area contributed by atoms with Crippen molar-refractivity contribution >= 4 is 12.2 Å². The number of amides is 2. The molecule has 0 aromatic heterocycles. The van der Waals surface area contributed by atoms with Gasteiger partial charge in [0.1, 0.15) is 6.23 Å². The summed E-state index contributed by atoms with van der Waals surface area (Å²) in [5.74, 6) is 0. The average Bonchev–Trinajstić information content (AvgIpc) is 3.10. The topological polar surface area (TPSA) is 126 Å². The summed E-state index contributed by atoms with van der Waals surface area (Å²) in [6.07, 6.45) is -2.48. The number of hydroxylamine groups is 1. The number of epoxide rings is 2. The van der Waals surface area contributed by atoms with Crippen LogP contribution in [0, 0.1) is 0 Å². The lowest BCUT2D eigenvalue weighted by Gasteiger charge is -2.06. The predicted molar refractivity (Wildman–Crippen MR) is 45.0 cm³/mol. The number of rotatable bonds is 5. The largest absolute Gasteiger partial charge is 0.436 e. The second-order valence-electron chi connectivity index (χ2n) is 2.91. The zero-order valence-corrected chi connectivity index (χ0v) is 8.02. The van der Waals surface area contributed by atoms with Gasteiger partial charge in [0.2, 0.25) is 0 Å². The Morgan fingerprint density at radius 2 is 1.69 bits per heavy atom. The van der Waals surface area contributed by atoms with Crippen LogP contribution in [0.15, 0.2) is 0 Å². The molecule has 0 bridgehead atoms. The van der Waals surface area contributed by atoms with Crippen LogP contribution in [-0.2, 0) is 19.1 Å². The number of ether oxygens (including phenoxy) is 2.